The van der Waals surface area contributed by atoms with E-state index in [0.717, 1.165) is 53.1 Å². The van der Waals surface area contributed by atoms with Crippen LogP contribution in [0.15, 0.2) is 57.4 Å². The fourth-order valence-electron chi connectivity index (χ4n) is 3.36. The monoisotopic (exact) mass is 413 g/mol. The number of rotatable bonds is 4. The maximum absolute atomic E-state index is 12.3. The number of benzene rings is 2. The van der Waals surface area contributed by atoms with E-state index in [-0.39, 0.29) is 5.91 Å². The summed E-state index contributed by atoms with van der Waals surface area (Å²) in [4.78, 5) is 19.1. The average Bonchev–Trinajstić information content (AvgIpc) is 3.08. The molecule has 0 bridgehead atoms. The number of anilines is 1. The molecular formula is C20H20BrN3O2. The number of piperidine rings is 1. The van der Waals surface area contributed by atoms with E-state index in [4.69, 9.17) is 4.42 Å². The van der Waals surface area contributed by atoms with E-state index in [1.165, 1.54) is 0 Å². The lowest BCUT2D eigenvalue weighted by atomic mass is 9.97. The van der Waals surface area contributed by atoms with Crippen molar-refractivity contribution in [2.75, 3.05) is 25.0 Å². The SMILES string of the molecule is O=C(CN1CCC(c2nc3ccccc3o2)CC1)Nc1ccccc1Br. The van der Waals surface area contributed by atoms with Gasteiger partial charge in [0.05, 0.1) is 12.2 Å². The lowest BCUT2D eigenvalue weighted by molar-refractivity contribution is -0.117. The average molecular weight is 414 g/mol. The molecule has 3 aromatic rings. The Balaban J connectivity index is 1.32. The van der Waals surface area contributed by atoms with Crippen LogP contribution < -0.4 is 5.32 Å². The van der Waals surface area contributed by atoms with Gasteiger partial charge in [-0.2, -0.15) is 0 Å². The minimum atomic E-state index is 0.0113. The first-order valence-corrected chi connectivity index (χ1v) is 9.60. The van der Waals surface area contributed by atoms with Crippen LogP contribution in [0.4, 0.5) is 5.69 Å². The van der Waals surface area contributed by atoms with Gasteiger partial charge in [0.15, 0.2) is 11.5 Å². The van der Waals surface area contributed by atoms with E-state index in [2.05, 4.69) is 31.1 Å². The highest BCUT2D eigenvalue weighted by atomic mass is 79.9. The summed E-state index contributed by atoms with van der Waals surface area (Å²) in [6, 6.07) is 15.5. The predicted octanol–water partition coefficient (Wildman–Crippen LogP) is 4.41. The minimum Gasteiger partial charge on any atom is -0.440 e. The summed E-state index contributed by atoms with van der Waals surface area (Å²) in [6.45, 7) is 2.14. The molecule has 4 rings (SSSR count). The largest absolute Gasteiger partial charge is 0.440 e. The molecular weight excluding hydrogens is 394 g/mol. The number of likely N-dealkylation sites (tertiary alicyclic amines) is 1. The highest BCUT2D eigenvalue weighted by Crippen LogP contribution is 2.30. The first-order valence-electron chi connectivity index (χ1n) is 8.81. The number of halogens is 1. The van der Waals surface area contributed by atoms with Crippen molar-refractivity contribution in [1.29, 1.82) is 0 Å². The number of carbonyl (C=O) groups is 1. The van der Waals surface area contributed by atoms with Gasteiger partial charge in [0.2, 0.25) is 5.91 Å². The molecule has 6 heteroatoms. The van der Waals surface area contributed by atoms with Crippen LogP contribution in [0.2, 0.25) is 0 Å². The molecule has 0 atom stereocenters. The number of carbonyl (C=O) groups excluding carboxylic acids is 1. The van der Waals surface area contributed by atoms with Gasteiger partial charge < -0.3 is 9.73 Å². The zero-order valence-corrected chi connectivity index (χ0v) is 15.9. The Hall–Kier alpha value is -2.18. The maximum Gasteiger partial charge on any atom is 0.238 e. The van der Waals surface area contributed by atoms with E-state index >= 15 is 0 Å². The Morgan fingerprint density at radius 3 is 2.65 bits per heavy atom. The van der Waals surface area contributed by atoms with Gasteiger partial charge in [0.1, 0.15) is 5.52 Å². The Morgan fingerprint density at radius 1 is 1.15 bits per heavy atom. The van der Waals surface area contributed by atoms with E-state index in [9.17, 15) is 4.79 Å². The first-order chi connectivity index (χ1) is 12.7. The van der Waals surface area contributed by atoms with Gasteiger partial charge in [-0.25, -0.2) is 4.98 Å². The number of oxazole rings is 1. The highest BCUT2D eigenvalue weighted by Gasteiger charge is 2.25. The van der Waals surface area contributed by atoms with Crippen LogP contribution in [0, 0.1) is 0 Å². The lowest BCUT2D eigenvalue weighted by Gasteiger charge is -2.29. The van der Waals surface area contributed by atoms with Gasteiger partial charge in [-0.15, -0.1) is 0 Å². The number of nitrogens with one attached hydrogen (secondary N) is 1. The van der Waals surface area contributed by atoms with Crippen LogP contribution in [-0.4, -0.2) is 35.4 Å². The van der Waals surface area contributed by atoms with Crippen LogP contribution in [0.3, 0.4) is 0 Å². The number of aromatic nitrogens is 1. The Labute approximate surface area is 160 Å². The fourth-order valence-corrected chi connectivity index (χ4v) is 3.74. The maximum atomic E-state index is 12.3. The standard InChI is InChI=1S/C20H20BrN3O2/c21-15-5-1-2-6-16(15)22-19(25)13-24-11-9-14(10-12-24)20-23-17-7-3-4-8-18(17)26-20/h1-8,14H,9-13H2,(H,22,25). The quantitative estimate of drug-likeness (QED) is 0.687. The topological polar surface area (TPSA) is 58.4 Å². The minimum absolute atomic E-state index is 0.0113. The molecule has 0 unspecified atom stereocenters. The molecule has 2 heterocycles. The zero-order valence-electron chi connectivity index (χ0n) is 14.3. The van der Waals surface area contributed by atoms with E-state index in [1.54, 1.807) is 0 Å². The number of hydrogen-bond donors (Lipinski definition) is 1. The van der Waals surface area contributed by atoms with Crippen molar-refractivity contribution in [1.82, 2.24) is 9.88 Å². The van der Waals surface area contributed by atoms with E-state index in [1.807, 2.05) is 48.5 Å². The molecule has 2 aromatic carbocycles. The number of para-hydroxylation sites is 3. The molecule has 1 aromatic heterocycles. The second-order valence-electron chi connectivity index (χ2n) is 6.60. The molecule has 1 amide bonds. The molecule has 5 nitrogen and oxygen atoms in total. The molecule has 1 N–H and O–H groups in total. The van der Waals surface area contributed by atoms with Crippen LogP contribution in [0.25, 0.3) is 11.1 Å². The van der Waals surface area contributed by atoms with E-state index in [0.29, 0.717) is 12.5 Å². The van der Waals surface area contributed by atoms with Crippen LogP contribution in [0.5, 0.6) is 0 Å². The van der Waals surface area contributed by atoms with Crippen molar-refractivity contribution in [3.63, 3.8) is 0 Å². The van der Waals surface area contributed by atoms with Crippen molar-refractivity contribution in [2.45, 2.75) is 18.8 Å². The van der Waals surface area contributed by atoms with Gasteiger partial charge in [-0.3, -0.25) is 9.69 Å². The van der Waals surface area contributed by atoms with Gasteiger partial charge >= 0.3 is 0 Å². The van der Waals surface area contributed by atoms with Crippen molar-refractivity contribution < 1.29 is 9.21 Å². The third kappa shape index (κ3) is 3.81. The summed E-state index contributed by atoms with van der Waals surface area (Å²) in [6.07, 6.45) is 1.91. The molecule has 26 heavy (non-hydrogen) atoms. The number of fused-ring (bicyclic) bond motifs is 1. The van der Waals surface area contributed by atoms with E-state index < -0.39 is 0 Å². The van der Waals surface area contributed by atoms with Crippen LogP contribution >= 0.6 is 15.9 Å². The lowest BCUT2D eigenvalue weighted by Crippen LogP contribution is -2.38. The first kappa shape index (κ1) is 17.2. The Morgan fingerprint density at radius 2 is 1.88 bits per heavy atom. The predicted molar refractivity (Wildman–Crippen MR) is 105 cm³/mol. The molecule has 1 aliphatic rings. The third-order valence-electron chi connectivity index (χ3n) is 4.76. The van der Waals surface area contributed by atoms with Crippen molar-refractivity contribution in [3.8, 4) is 0 Å². The van der Waals surface area contributed by atoms with Crippen LogP contribution in [0.1, 0.15) is 24.7 Å². The smallest absolute Gasteiger partial charge is 0.238 e. The molecule has 1 fully saturated rings. The molecule has 1 aliphatic heterocycles. The number of amides is 1. The fraction of sp³-hybridized carbons (Fsp3) is 0.300. The summed E-state index contributed by atoms with van der Waals surface area (Å²) in [5, 5.41) is 2.96. The van der Waals surface area contributed by atoms with Crippen molar-refractivity contribution >= 4 is 38.6 Å². The van der Waals surface area contributed by atoms with Gasteiger partial charge in [0, 0.05) is 10.4 Å². The second kappa shape index (κ2) is 7.60. The Kier molecular flexibility index (Phi) is 5.04. The molecule has 0 radical (unpaired) electrons. The third-order valence-corrected chi connectivity index (χ3v) is 5.45. The Bertz CT molecular complexity index is 883. The van der Waals surface area contributed by atoms with Crippen molar-refractivity contribution in [2.24, 2.45) is 0 Å². The summed E-state index contributed by atoms with van der Waals surface area (Å²) < 4.78 is 6.79. The van der Waals surface area contributed by atoms with Crippen LogP contribution in [-0.2, 0) is 4.79 Å². The normalized spacial score (nSPS) is 16.0. The summed E-state index contributed by atoms with van der Waals surface area (Å²) in [7, 11) is 0. The summed E-state index contributed by atoms with van der Waals surface area (Å²) >= 11 is 3.45. The van der Waals surface area contributed by atoms with Crippen molar-refractivity contribution in [3.05, 3.63) is 58.9 Å². The molecule has 134 valence electrons. The highest BCUT2D eigenvalue weighted by molar-refractivity contribution is 9.10. The number of hydrogen-bond acceptors (Lipinski definition) is 4. The molecule has 1 saturated heterocycles. The zero-order chi connectivity index (χ0) is 17.9. The summed E-state index contributed by atoms with van der Waals surface area (Å²) in [5.41, 5.74) is 2.56. The number of nitrogens with zero attached hydrogens (tertiary/aromatic N) is 2. The summed E-state index contributed by atoms with van der Waals surface area (Å²) in [5.74, 6) is 1.16. The molecule has 0 aliphatic carbocycles. The van der Waals surface area contributed by atoms with Gasteiger partial charge in [0.25, 0.3) is 0 Å². The molecule has 0 saturated carbocycles. The van der Waals surface area contributed by atoms with Gasteiger partial charge in [-0.1, -0.05) is 24.3 Å². The van der Waals surface area contributed by atoms with Gasteiger partial charge in [-0.05, 0) is 66.1 Å². The second-order valence-corrected chi connectivity index (χ2v) is 7.45. The molecule has 0 spiro atoms.